The molecule has 5 nitrogen and oxygen atoms in total. The maximum atomic E-state index is 12.2. The van der Waals surface area contributed by atoms with Gasteiger partial charge in [-0.15, -0.1) is 0 Å². The van der Waals surface area contributed by atoms with Crippen LogP contribution < -0.4 is 9.47 Å². The first-order chi connectivity index (χ1) is 11.0. The number of rotatable bonds is 5. The molecule has 0 heterocycles. The fourth-order valence-corrected chi connectivity index (χ4v) is 2.30. The van der Waals surface area contributed by atoms with Gasteiger partial charge in [0.15, 0.2) is 5.78 Å². The van der Waals surface area contributed by atoms with Crippen LogP contribution in [0, 0.1) is 6.92 Å². The van der Waals surface area contributed by atoms with Gasteiger partial charge in [0.25, 0.3) is 0 Å². The molecule has 0 aliphatic carbocycles. The van der Waals surface area contributed by atoms with Crippen LogP contribution in [0.25, 0.3) is 6.08 Å². The van der Waals surface area contributed by atoms with E-state index in [1.54, 1.807) is 32.4 Å². The summed E-state index contributed by atoms with van der Waals surface area (Å²) in [5, 5.41) is 19.0. The van der Waals surface area contributed by atoms with Gasteiger partial charge in [0.2, 0.25) is 0 Å². The second-order valence-corrected chi connectivity index (χ2v) is 4.91. The molecular weight excluding hydrogens is 296 g/mol. The van der Waals surface area contributed by atoms with Crippen molar-refractivity contribution >= 4 is 11.9 Å². The summed E-state index contributed by atoms with van der Waals surface area (Å²) < 4.78 is 10.6. The molecule has 0 amide bonds. The lowest BCUT2D eigenvalue weighted by Crippen LogP contribution is -1.97. The highest BCUT2D eigenvalue weighted by molar-refractivity contribution is 6.08. The van der Waals surface area contributed by atoms with E-state index in [2.05, 4.69) is 0 Å². The Kier molecular flexibility index (Phi) is 4.91. The van der Waals surface area contributed by atoms with E-state index in [1.165, 1.54) is 18.2 Å². The summed E-state index contributed by atoms with van der Waals surface area (Å²) in [6, 6.07) is 7.41. The van der Waals surface area contributed by atoms with Gasteiger partial charge >= 0.3 is 0 Å². The predicted octanol–water partition coefficient (Wildman–Crippen LogP) is 3.32. The van der Waals surface area contributed by atoms with Crippen LogP contribution in [-0.4, -0.2) is 30.2 Å². The lowest BCUT2D eigenvalue weighted by atomic mass is 10.1. The van der Waals surface area contributed by atoms with Gasteiger partial charge in [-0.3, -0.25) is 4.79 Å². The monoisotopic (exact) mass is 314 g/mol. The summed E-state index contributed by atoms with van der Waals surface area (Å²) in [6.07, 6.45) is 2.95. The van der Waals surface area contributed by atoms with Gasteiger partial charge in [0, 0.05) is 17.2 Å². The molecule has 2 N–H and O–H groups in total. The molecule has 0 aromatic heterocycles. The number of ether oxygens (including phenoxy) is 2. The van der Waals surface area contributed by atoms with Crippen LogP contribution in [-0.2, 0) is 0 Å². The van der Waals surface area contributed by atoms with Crippen molar-refractivity contribution < 1.29 is 24.5 Å². The summed E-state index contributed by atoms with van der Waals surface area (Å²) in [7, 11) is 3.13. The number of aromatic hydroxyl groups is 2. The quantitative estimate of drug-likeness (QED) is 0.654. The van der Waals surface area contributed by atoms with Crippen LogP contribution in [0.15, 0.2) is 36.4 Å². The molecule has 0 aliphatic rings. The third-order valence-corrected chi connectivity index (χ3v) is 3.47. The van der Waals surface area contributed by atoms with Gasteiger partial charge in [-0.25, -0.2) is 0 Å². The maximum absolute atomic E-state index is 12.2. The molecule has 120 valence electrons. The van der Waals surface area contributed by atoms with E-state index in [1.807, 2.05) is 6.92 Å². The Bertz CT molecular complexity index is 762. The van der Waals surface area contributed by atoms with E-state index in [-0.39, 0.29) is 22.8 Å². The van der Waals surface area contributed by atoms with Gasteiger partial charge in [0.1, 0.15) is 23.0 Å². The SMILES string of the molecule is COc1ccc(/C=C/C(=O)c2ccc(O)cc2O)c(OC)c1C. The highest BCUT2D eigenvalue weighted by Gasteiger charge is 2.11. The van der Waals surface area contributed by atoms with E-state index >= 15 is 0 Å². The summed E-state index contributed by atoms with van der Waals surface area (Å²) in [6.45, 7) is 1.86. The smallest absolute Gasteiger partial charge is 0.189 e. The molecule has 0 bridgehead atoms. The molecule has 5 heteroatoms. The number of hydrogen-bond acceptors (Lipinski definition) is 5. The molecular formula is C18H18O5. The Morgan fingerprint density at radius 1 is 1.09 bits per heavy atom. The molecule has 0 saturated heterocycles. The number of allylic oxidation sites excluding steroid dienone is 1. The third-order valence-electron chi connectivity index (χ3n) is 3.47. The first-order valence-corrected chi connectivity index (χ1v) is 6.94. The normalized spacial score (nSPS) is 10.7. The van der Waals surface area contributed by atoms with Gasteiger partial charge in [-0.2, -0.15) is 0 Å². The fourth-order valence-electron chi connectivity index (χ4n) is 2.30. The summed E-state index contributed by atoms with van der Waals surface area (Å²) >= 11 is 0. The zero-order chi connectivity index (χ0) is 17.0. The van der Waals surface area contributed by atoms with Crippen molar-refractivity contribution in [2.45, 2.75) is 6.92 Å². The Morgan fingerprint density at radius 2 is 1.83 bits per heavy atom. The van der Waals surface area contributed by atoms with Crippen LogP contribution in [0.4, 0.5) is 0 Å². The van der Waals surface area contributed by atoms with Gasteiger partial charge in [0.05, 0.1) is 19.8 Å². The number of carbonyl (C=O) groups is 1. The number of methoxy groups -OCH3 is 2. The van der Waals surface area contributed by atoms with E-state index in [4.69, 9.17) is 9.47 Å². The molecule has 0 atom stereocenters. The molecule has 23 heavy (non-hydrogen) atoms. The van der Waals surface area contributed by atoms with E-state index < -0.39 is 0 Å². The van der Waals surface area contributed by atoms with Crippen molar-refractivity contribution in [2.24, 2.45) is 0 Å². The zero-order valence-corrected chi connectivity index (χ0v) is 13.2. The van der Waals surface area contributed by atoms with Crippen molar-refractivity contribution in [1.82, 2.24) is 0 Å². The first kappa shape index (κ1) is 16.4. The number of carbonyl (C=O) groups excluding carboxylic acids is 1. The Labute approximate surface area is 134 Å². The summed E-state index contributed by atoms with van der Waals surface area (Å²) in [5.41, 5.74) is 1.66. The second kappa shape index (κ2) is 6.87. The number of hydrogen-bond donors (Lipinski definition) is 2. The molecule has 2 aromatic carbocycles. The highest BCUT2D eigenvalue weighted by atomic mass is 16.5. The molecule has 0 radical (unpaired) electrons. The standard InChI is InChI=1S/C18H18O5/c1-11-17(22-2)9-5-12(18(11)23-3)4-8-15(20)14-7-6-13(19)10-16(14)21/h4-10,19,21H,1-3H3/b8-4+. The van der Waals surface area contributed by atoms with Crippen molar-refractivity contribution in [2.75, 3.05) is 14.2 Å². The van der Waals surface area contributed by atoms with E-state index in [0.717, 1.165) is 17.2 Å². The average molecular weight is 314 g/mol. The van der Waals surface area contributed by atoms with Crippen LogP contribution in [0.2, 0.25) is 0 Å². The van der Waals surface area contributed by atoms with E-state index in [9.17, 15) is 15.0 Å². The molecule has 0 fully saturated rings. The molecule has 0 saturated carbocycles. The molecule has 0 unspecified atom stereocenters. The molecule has 2 rings (SSSR count). The third kappa shape index (κ3) is 3.45. The van der Waals surface area contributed by atoms with Crippen molar-refractivity contribution in [1.29, 1.82) is 0 Å². The van der Waals surface area contributed by atoms with Gasteiger partial charge in [-0.1, -0.05) is 0 Å². The second-order valence-electron chi connectivity index (χ2n) is 4.91. The molecule has 2 aromatic rings. The number of phenolic OH excluding ortho intramolecular Hbond substituents is 2. The van der Waals surface area contributed by atoms with Crippen LogP contribution in [0.3, 0.4) is 0 Å². The minimum absolute atomic E-state index is 0.101. The minimum Gasteiger partial charge on any atom is -0.508 e. The minimum atomic E-state index is -0.377. The highest BCUT2D eigenvalue weighted by Crippen LogP contribution is 2.32. The Hall–Kier alpha value is -2.95. The zero-order valence-electron chi connectivity index (χ0n) is 13.2. The molecule has 0 aliphatic heterocycles. The first-order valence-electron chi connectivity index (χ1n) is 6.94. The summed E-state index contributed by atoms with van der Waals surface area (Å²) in [4.78, 5) is 12.2. The summed E-state index contributed by atoms with van der Waals surface area (Å²) in [5.74, 6) is 0.566. The van der Waals surface area contributed by atoms with Crippen LogP contribution >= 0.6 is 0 Å². The number of phenols is 2. The topological polar surface area (TPSA) is 76.0 Å². The lowest BCUT2D eigenvalue weighted by molar-refractivity contribution is 0.104. The Morgan fingerprint density at radius 3 is 2.43 bits per heavy atom. The van der Waals surface area contributed by atoms with Gasteiger partial charge < -0.3 is 19.7 Å². The largest absolute Gasteiger partial charge is 0.508 e. The predicted molar refractivity (Wildman–Crippen MR) is 87.4 cm³/mol. The van der Waals surface area contributed by atoms with Crippen LogP contribution in [0.1, 0.15) is 21.5 Å². The van der Waals surface area contributed by atoms with Crippen molar-refractivity contribution in [3.8, 4) is 23.0 Å². The van der Waals surface area contributed by atoms with Crippen LogP contribution in [0.5, 0.6) is 23.0 Å². The van der Waals surface area contributed by atoms with Gasteiger partial charge in [-0.05, 0) is 43.3 Å². The number of benzene rings is 2. The maximum Gasteiger partial charge on any atom is 0.189 e. The van der Waals surface area contributed by atoms with Crippen molar-refractivity contribution in [3.63, 3.8) is 0 Å². The average Bonchev–Trinajstić information content (AvgIpc) is 2.52. The molecule has 0 spiro atoms. The fraction of sp³-hybridized carbons (Fsp3) is 0.167. The Balaban J connectivity index is 2.33. The lowest BCUT2D eigenvalue weighted by Gasteiger charge is -2.12. The van der Waals surface area contributed by atoms with E-state index in [0.29, 0.717) is 11.5 Å². The number of ketones is 1. The van der Waals surface area contributed by atoms with Crippen molar-refractivity contribution in [3.05, 3.63) is 53.1 Å².